The number of hydrogen-bond donors (Lipinski definition) is 0. The van der Waals surface area contributed by atoms with Crippen molar-refractivity contribution in [2.75, 3.05) is 20.3 Å². The summed E-state index contributed by atoms with van der Waals surface area (Å²) in [4.78, 5) is 18.3. The lowest BCUT2D eigenvalue weighted by molar-refractivity contribution is -0.127. The Labute approximate surface area is 150 Å². The van der Waals surface area contributed by atoms with Crippen LogP contribution in [0.3, 0.4) is 0 Å². The Bertz CT molecular complexity index is 724. The van der Waals surface area contributed by atoms with Crippen molar-refractivity contribution in [2.45, 2.75) is 13.2 Å². The van der Waals surface area contributed by atoms with Crippen LogP contribution in [0.5, 0.6) is 5.75 Å². The molecule has 0 unspecified atom stereocenters. The van der Waals surface area contributed by atoms with Crippen molar-refractivity contribution < 1.29 is 23.0 Å². The van der Waals surface area contributed by atoms with Gasteiger partial charge in [-0.15, -0.1) is 0 Å². The number of ether oxygens (including phenoxy) is 2. The monoisotopic (exact) mass is 362 g/mol. The molecular weight excluding hydrogens is 342 g/mol. The zero-order valence-electron chi connectivity index (χ0n) is 14.3. The quantitative estimate of drug-likeness (QED) is 0.642. The maximum atomic E-state index is 12.5. The topological polar surface area (TPSA) is 51.7 Å². The van der Waals surface area contributed by atoms with Crippen LogP contribution >= 0.6 is 0 Å². The highest BCUT2D eigenvalue weighted by Crippen LogP contribution is 2.21. The van der Waals surface area contributed by atoms with Crippen LogP contribution in [0.25, 0.3) is 6.08 Å². The molecule has 0 radical (unpaired) electrons. The predicted octanol–water partition coefficient (Wildman–Crippen LogP) is 3.37. The van der Waals surface area contributed by atoms with E-state index >= 15 is 0 Å². The van der Waals surface area contributed by atoms with Gasteiger partial charge in [-0.1, -0.05) is 24.3 Å². The van der Waals surface area contributed by atoms with Crippen LogP contribution in [0.2, 0.25) is 0 Å². The van der Waals surface area contributed by atoms with Crippen molar-refractivity contribution >= 4 is 12.0 Å². The van der Waals surface area contributed by atoms with Gasteiger partial charge in [0, 0.05) is 31.5 Å². The molecule has 0 N–H and O–H groups in total. The van der Waals surface area contributed by atoms with Crippen molar-refractivity contribution in [1.82, 2.24) is 9.88 Å². The number of carbonyl (C=O) groups is 1. The first-order chi connectivity index (χ1) is 12.6. The number of para-hydroxylation sites is 1. The Balaban J connectivity index is 2.12. The summed E-state index contributed by atoms with van der Waals surface area (Å²) in [6.07, 6.45) is 4.44. The third-order valence-corrected chi connectivity index (χ3v) is 3.50. The standard InChI is InChI=1S/C19H20F2N2O3/c1-25-13-12-23(14-16-7-4-5-11-22-16)18(24)10-9-15-6-2-3-8-17(15)26-19(20)21/h2-11,19H,12-14H2,1H3/b10-9+. The lowest BCUT2D eigenvalue weighted by Crippen LogP contribution is -2.32. The fraction of sp³-hybridized carbons (Fsp3) is 0.263. The molecule has 26 heavy (non-hydrogen) atoms. The lowest BCUT2D eigenvalue weighted by Gasteiger charge is -2.20. The summed E-state index contributed by atoms with van der Waals surface area (Å²) in [6.45, 7) is -1.85. The average molecular weight is 362 g/mol. The Kier molecular flexibility index (Phi) is 7.70. The zero-order valence-corrected chi connectivity index (χ0v) is 14.3. The van der Waals surface area contributed by atoms with Crippen molar-refractivity contribution in [2.24, 2.45) is 0 Å². The van der Waals surface area contributed by atoms with Crippen molar-refractivity contribution in [3.63, 3.8) is 0 Å². The first kappa shape index (κ1) is 19.5. The molecular formula is C19H20F2N2O3. The number of aromatic nitrogens is 1. The number of nitrogens with zero attached hydrogens (tertiary/aromatic N) is 2. The van der Waals surface area contributed by atoms with Gasteiger partial charge in [0.2, 0.25) is 5.91 Å². The highest BCUT2D eigenvalue weighted by molar-refractivity contribution is 5.92. The molecule has 0 aliphatic heterocycles. The molecule has 0 fully saturated rings. The molecule has 2 rings (SSSR count). The maximum Gasteiger partial charge on any atom is 0.387 e. The van der Waals surface area contributed by atoms with Gasteiger partial charge < -0.3 is 14.4 Å². The maximum absolute atomic E-state index is 12.5. The van der Waals surface area contributed by atoms with E-state index in [1.54, 1.807) is 42.5 Å². The number of alkyl halides is 2. The zero-order chi connectivity index (χ0) is 18.8. The Morgan fingerprint density at radius 3 is 2.69 bits per heavy atom. The molecule has 0 saturated carbocycles. The molecule has 0 saturated heterocycles. The summed E-state index contributed by atoms with van der Waals surface area (Å²) in [6, 6.07) is 11.7. The van der Waals surface area contributed by atoms with Gasteiger partial charge in [-0.25, -0.2) is 0 Å². The first-order valence-corrected chi connectivity index (χ1v) is 8.00. The summed E-state index contributed by atoms with van der Waals surface area (Å²) >= 11 is 0. The molecule has 0 spiro atoms. The van der Waals surface area contributed by atoms with Crippen LogP contribution in [0, 0.1) is 0 Å². The number of methoxy groups -OCH3 is 1. The van der Waals surface area contributed by atoms with Crippen LogP contribution in [-0.2, 0) is 16.1 Å². The van der Waals surface area contributed by atoms with E-state index in [1.165, 1.54) is 18.2 Å². The second-order valence-corrected chi connectivity index (χ2v) is 5.32. The van der Waals surface area contributed by atoms with Gasteiger partial charge >= 0.3 is 6.61 Å². The normalized spacial score (nSPS) is 11.1. The van der Waals surface area contributed by atoms with Gasteiger partial charge in [0.1, 0.15) is 5.75 Å². The lowest BCUT2D eigenvalue weighted by atomic mass is 10.2. The van der Waals surface area contributed by atoms with Gasteiger partial charge in [-0.2, -0.15) is 8.78 Å². The smallest absolute Gasteiger partial charge is 0.387 e. The first-order valence-electron chi connectivity index (χ1n) is 8.00. The minimum atomic E-state index is -2.93. The minimum absolute atomic E-state index is 0.0136. The van der Waals surface area contributed by atoms with Gasteiger partial charge in [0.25, 0.3) is 0 Å². The molecule has 1 amide bonds. The largest absolute Gasteiger partial charge is 0.434 e. The summed E-state index contributed by atoms with van der Waals surface area (Å²) in [7, 11) is 1.55. The third kappa shape index (κ3) is 6.25. The van der Waals surface area contributed by atoms with Crippen LogP contribution in [0.15, 0.2) is 54.7 Å². The molecule has 0 aliphatic carbocycles. The molecule has 0 atom stereocenters. The fourth-order valence-corrected chi connectivity index (χ4v) is 2.24. The van der Waals surface area contributed by atoms with E-state index in [4.69, 9.17) is 4.74 Å². The van der Waals surface area contributed by atoms with Gasteiger partial charge in [0.05, 0.1) is 18.8 Å². The van der Waals surface area contributed by atoms with Crippen LogP contribution in [0.4, 0.5) is 8.78 Å². The number of pyridine rings is 1. The van der Waals surface area contributed by atoms with Gasteiger partial charge in [0.15, 0.2) is 0 Å². The average Bonchev–Trinajstić information content (AvgIpc) is 2.64. The molecule has 1 aromatic heterocycles. The van der Waals surface area contributed by atoms with E-state index in [-0.39, 0.29) is 11.7 Å². The predicted molar refractivity (Wildman–Crippen MR) is 93.6 cm³/mol. The molecule has 0 bridgehead atoms. The van der Waals surface area contributed by atoms with Gasteiger partial charge in [-0.05, 0) is 24.3 Å². The SMILES string of the molecule is COCCN(Cc1ccccn1)C(=O)/C=C/c1ccccc1OC(F)F. The van der Waals surface area contributed by atoms with Crippen molar-refractivity contribution in [3.8, 4) is 5.75 Å². The van der Waals surface area contributed by atoms with Crippen LogP contribution in [0.1, 0.15) is 11.3 Å². The Morgan fingerprint density at radius 2 is 2.00 bits per heavy atom. The highest BCUT2D eigenvalue weighted by atomic mass is 19.3. The van der Waals surface area contributed by atoms with Gasteiger partial charge in [-0.3, -0.25) is 9.78 Å². The molecule has 1 heterocycles. The third-order valence-electron chi connectivity index (χ3n) is 3.50. The van der Waals surface area contributed by atoms with E-state index in [0.717, 1.165) is 5.69 Å². The molecule has 138 valence electrons. The Morgan fingerprint density at radius 1 is 1.23 bits per heavy atom. The number of carbonyl (C=O) groups excluding carboxylic acids is 1. The van der Waals surface area contributed by atoms with Crippen molar-refractivity contribution in [1.29, 1.82) is 0 Å². The number of halogens is 2. The second-order valence-electron chi connectivity index (χ2n) is 5.32. The van der Waals surface area contributed by atoms with Crippen LogP contribution < -0.4 is 4.74 Å². The molecule has 2 aromatic rings. The fourth-order valence-electron chi connectivity index (χ4n) is 2.24. The minimum Gasteiger partial charge on any atom is -0.434 e. The van der Waals surface area contributed by atoms with E-state index in [2.05, 4.69) is 9.72 Å². The molecule has 0 aliphatic rings. The molecule has 7 heteroatoms. The summed E-state index contributed by atoms with van der Waals surface area (Å²) in [5, 5.41) is 0. The Hall–Kier alpha value is -2.80. The number of benzene rings is 1. The van der Waals surface area contributed by atoms with E-state index in [1.807, 2.05) is 12.1 Å². The number of rotatable bonds is 9. The highest BCUT2D eigenvalue weighted by Gasteiger charge is 2.13. The summed E-state index contributed by atoms with van der Waals surface area (Å²) in [5.74, 6) is -0.265. The van der Waals surface area contributed by atoms with Crippen LogP contribution in [-0.4, -0.2) is 42.7 Å². The summed E-state index contributed by atoms with van der Waals surface area (Å²) < 4.78 is 34.4. The molecule has 5 nitrogen and oxygen atoms in total. The van der Waals surface area contributed by atoms with E-state index in [9.17, 15) is 13.6 Å². The second kappa shape index (κ2) is 10.2. The number of hydrogen-bond acceptors (Lipinski definition) is 4. The number of amides is 1. The van der Waals surface area contributed by atoms with Crippen molar-refractivity contribution in [3.05, 3.63) is 66.0 Å². The molecule has 1 aromatic carbocycles. The van der Waals surface area contributed by atoms with E-state index in [0.29, 0.717) is 25.3 Å². The summed E-state index contributed by atoms with van der Waals surface area (Å²) in [5.41, 5.74) is 1.14. The van der Waals surface area contributed by atoms with E-state index < -0.39 is 6.61 Å².